The summed E-state index contributed by atoms with van der Waals surface area (Å²) < 4.78 is 10.4. The summed E-state index contributed by atoms with van der Waals surface area (Å²) in [4.78, 5) is 0. The van der Waals surface area contributed by atoms with E-state index in [1.165, 1.54) is 10.6 Å². The number of thiol groups is 1. The van der Waals surface area contributed by atoms with E-state index in [2.05, 4.69) is 36.9 Å². The summed E-state index contributed by atoms with van der Waals surface area (Å²) in [6, 6.07) is 16.5. The second-order valence-corrected chi connectivity index (χ2v) is 6.99. The molecule has 0 saturated carbocycles. The highest BCUT2D eigenvalue weighted by Crippen LogP contribution is 2.35. The molecule has 2 aromatic carbocycles. The second kappa shape index (κ2) is 6.83. The van der Waals surface area contributed by atoms with E-state index in [4.69, 9.17) is 9.47 Å². The number of methoxy groups -OCH3 is 2. The molecule has 2 nitrogen and oxygen atoms in total. The molecule has 0 amide bonds. The fraction of sp³-hybridized carbons (Fsp3) is 0.200. The zero-order valence-corrected chi connectivity index (χ0v) is 12.8. The van der Waals surface area contributed by atoms with Crippen molar-refractivity contribution in [1.82, 2.24) is 0 Å². The average Bonchev–Trinajstić information content (AvgIpc) is 2.49. The Bertz CT molecular complexity index is 463. The van der Waals surface area contributed by atoms with Gasteiger partial charge in [0.15, 0.2) is 0 Å². The SMILES string of the molecule is COc1ccc(P(CS)c2ccc(OC)cc2)cc1. The molecule has 0 radical (unpaired) electrons. The van der Waals surface area contributed by atoms with Gasteiger partial charge in [-0.3, -0.25) is 0 Å². The van der Waals surface area contributed by atoms with Crippen LogP contribution in [0.2, 0.25) is 0 Å². The molecule has 0 aliphatic rings. The molecule has 0 spiro atoms. The molecule has 100 valence electrons. The van der Waals surface area contributed by atoms with Gasteiger partial charge in [0, 0.05) is 5.49 Å². The molecular weight excluding hydrogens is 275 g/mol. The third-order valence-corrected chi connectivity index (χ3v) is 5.88. The van der Waals surface area contributed by atoms with Crippen LogP contribution in [-0.4, -0.2) is 19.7 Å². The van der Waals surface area contributed by atoms with E-state index < -0.39 is 7.92 Å². The summed E-state index contributed by atoms with van der Waals surface area (Å²) in [7, 11) is 2.93. The summed E-state index contributed by atoms with van der Waals surface area (Å²) in [6.07, 6.45) is 0. The normalized spacial score (nSPS) is 10.5. The molecule has 0 heterocycles. The zero-order valence-electron chi connectivity index (χ0n) is 11.0. The minimum atomic E-state index is -0.430. The minimum absolute atomic E-state index is 0.430. The van der Waals surface area contributed by atoms with E-state index in [9.17, 15) is 0 Å². The van der Waals surface area contributed by atoms with Crippen molar-refractivity contribution in [1.29, 1.82) is 0 Å². The van der Waals surface area contributed by atoms with Crippen LogP contribution in [0.25, 0.3) is 0 Å². The molecule has 0 unspecified atom stereocenters. The third kappa shape index (κ3) is 3.43. The zero-order chi connectivity index (χ0) is 13.7. The lowest BCUT2D eigenvalue weighted by atomic mass is 10.3. The van der Waals surface area contributed by atoms with Crippen LogP contribution >= 0.6 is 20.6 Å². The van der Waals surface area contributed by atoms with Gasteiger partial charge in [-0.1, -0.05) is 24.3 Å². The molecule has 0 bridgehead atoms. The summed E-state index contributed by atoms with van der Waals surface area (Å²) in [5.41, 5.74) is 0.827. The Morgan fingerprint density at radius 2 is 1.16 bits per heavy atom. The van der Waals surface area contributed by atoms with Crippen LogP contribution in [-0.2, 0) is 0 Å². The van der Waals surface area contributed by atoms with Crippen LogP contribution in [0, 0.1) is 0 Å². The van der Waals surface area contributed by atoms with E-state index in [0.717, 1.165) is 17.0 Å². The van der Waals surface area contributed by atoms with Gasteiger partial charge in [0.2, 0.25) is 0 Å². The van der Waals surface area contributed by atoms with E-state index in [1.54, 1.807) is 14.2 Å². The van der Waals surface area contributed by atoms with Crippen LogP contribution in [0.15, 0.2) is 48.5 Å². The molecule has 2 aromatic rings. The standard InChI is InChI=1S/C15H17O2PS/c1-16-12-3-7-14(8-4-12)18(11-19)15-9-5-13(17-2)6-10-15/h3-10,19H,11H2,1-2H3. The summed E-state index contributed by atoms with van der Waals surface area (Å²) in [6.45, 7) is 0. The van der Waals surface area contributed by atoms with Gasteiger partial charge in [-0.15, -0.1) is 0 Å². The summed E-state index contributed by atoms with van der Waals surface area (Å²) in [5.74, 6) is 1.76. The van der Waals surface area contributed by atoms with Crippen molar-refractivity contribution in [2.75, 3.05) is 19.7 Å². The van der Waals surface area contributed by atoms with E-state index >= 15 is 0 Å². The van der Waals surface area contributed by atoms with Crippen LogP contribution in [0.4, 0.5) is 0 Å². The molecule has 0 saturated heterocycles. The number of benzene rings is 2. The average molecular weight is 292 g/mol. The molecule has 0 aliphatic carbocycles. The van der Waals surface area contributed by atoms with Gasteiger partial charge in [0.05, 0.1) is 14.2 Å². The lowest BCUT2D eigenvalue weighted by Crippen LogP contribution is -2.12. The monoisotopic (exact) mass is 292 g/mol. The first-order chi connectivity index (χ1) is 9.28. The molecule has 0 atom stereocenters. The lowest BCUT2D eigenvalue weighted by molar-refractivity contribution is 0.415. The van der Waals surface area contributed by atoms with Gasteiger partial charge in [-0.25, -0.2) is 0 Å². The Hall–Kier alpha value is -1.18. The summed E-state index contributed by atoms with van der Waals surface area (Å²) in [5, 5.41) is 2.60. The van der Waals surface area contributed by atoms with Crippen molar-refractivity contribution < 1.29 is 9.47 Å². The van der Waals surface area contributed by atoms with E-state index in [1.807, 2.05) is 24.3 Å². The highest BCUT2D eigenvalue weighted by molar-refractivity contribution is 7.93. The van der Waals surface area contributed by atoms with Crippen molar-refractivity contribution in [3.8, 4) is 11.5 Å². The van der Waals surface area contributed by atoms with Crippen LogP contribution < -0.4 is 20.1 Å². The minimum Gasteiger partial charge on any atom is -0.497 e. The van der Waals surface area contributed by atoms with Gasteiger partial charge < -0.3 is 9.47 Å². The molecule has 0 N–H and O–H groups in total. The molecule has 0 aliphatic heterocycles. The van der Waals surface area contributed by atoms with Crippen molar-refractivity contribution in [2.45, 2.75) is 0 Å². The molecule has 0 fully saturated rings. The van der Waals surface area contributed by atoms with Crippen LogP contribution in [0.1, 0.15) is 0 Å². The first-order valence-corrected chi connectivity index (χ1v) is 8.11. The Labute approximate surface area is 120 Å². The predicted octanol–water partition coefficient (Wildman–Crippen LogP) is 3.02. The summed E-state index contributed by atoms with van der Waals surface area (Å²) >= 11 is 4.50. The highest BCUT2D eigenvalue weighted by Gasteiger charge is 2.12. The first-order valence-electron chi connectivity index (χ1n) is 5.95. The maximum absolute atomic E-state index is 5.19. The van der Waals surface area contributed by atoms with E-state index in [0.29, 0.717) is 0 Å². The number of hydrogen-bond donors (Lipinski definition) is 1. The van der Waals surface area contributed by atoms with Gasteiger partial charge in [0.1, 0.15) is 11.5 Å². The Morgan fingerprint density at radius 3 is 1.42 bits per heavy atom. The Morgan fingerprint density at radius 1 is 0.789 bits per heavy atom. The smallest absolute Gasteiger partial charge is 0.118 e. The molecule has 19 heavy (non-hydrogen) atoms. The Balaban J connectivity index is 2.26. The second-order valence-electron chi connectivity index (χ2n) is 3.97. The number of hydrogen-bond acceptors (Lipinski definition) is 3. The fourth-order valence-corrected chi connectivity index (χ4v) is 4.46. The third-order valence-electron chi connectivity index (χ3n) is 2.91. The van der Waals surface area contributed by atoms with Crippen LogP contribution in [0.5, 0.6) is 11.5 Å². The fourth-order valence-electron chi connectivity index (χ4n) is 1.84. The molecule has 4 heteroatoms. The quantitative estimate of drug-likeness (QED) is 0.674. The van der Waals surface area contributed by atoms with E-state index in [-0.39, 0.29) is 0 Å². The van der Waals surface area contributed by atoms with Gasteiger partial charge in [-0.05, 0) is 42.8 Å². The highest BCUT2D eigenvalue weighted by atomic mass is 32.1. The van der Waals surface area contributed by atoms with Crippen molar-refractivity contribution in [3.63, 3.8) is 0 Å². The molecular formula is C15H17O2PS. The maximum Gasteiger partial charge on any atom is 0.118 e. The van der Waals surface area contributed by atoms with Crippen LogP contribution in [0.3, 0.4) is 0 Å². The maximum atomic E-state index is 5.19. The lowest BCUT2D eigenvalue weighted by Gasteiger charge is -2.16. The number of ether oxygens (including phenoxy) is 2. The van der Waals surface area contributed by atoms with Crippen molar-refractivity contribution in [3.05, 3.63) is 48.5 Å². The molecule has 0 aromatic heterocycles. The topological polar surface area (TPSA) is 18.5 Å². The predicted molar refractivity (Wildman–Crippen MR) is 86.0 cm³/mol. The van der Waals surface area contributed by atoms with Gasteiger partial charge in [-0.2, -0.15) is 12.6 Å². The van der Waals surface area contributed by atoms with Crippen molar-refractivity contribution in [2.24, 2.45) is 0 Å². The van der Waals surface area contributed by atoms with Gasteiger partial charge >= 0.3 is 0 Å². The molecule has 2 rings (SSSR count). The number of rotatable bonds is 5. The van der Waals surface area contributed by atoms with Crippen molar-refractivity contribution >= 4 is 31.2 Å². The van der Waals surface area contributed by atoms with Gasteiger partial charge in [0.25, 0.3) is 0 Å². The Kier molecular flexibility index (Phi) is 5.12. The largest absolute Gasteiger partial charge is 0.497 e. The first kappa shape index (κ1) is 14.2.